The second-order valence-electron chi connectivity index (χ2n) is 4.22. The normalized spacial score (nSPS) is 10.3. The Morgan fingerprint density at radius 3 is 2.32 bits per heavy atom. The topological polar surface area (TPSA) is 51.8 Å². The van der Waals surface area contributed by atoms with Crippen molar-refractivity contribution < 1.29 is 0 Å². The molecule has 1 heterocycles. The van der Waals surface area contributed by atoms with Crippen molar-refractivity contribution in [3.8, 4) is 22.6 Å². The van der Waals surface area contributed by atoms with Gasteiger partial charge in [0.2, 0.25) is 0 Å². The fraction of sp³-hybridized carbons (Fsp3) is 0. The van der Waals surface area contributed by atoms with Gasteiger partial charge in [-0.2, -0.15) is 0 Å². The Balaban J connectivity index is 2.09. The lowest BCUT2D eigenvalue weighted by molar-refractivity contribution is 1.18. The van der Waals surface area contributed by atoms with Crippen molar-refractivity contribution in [2.75, 3.05) is 5.73 Å². The highest BCUT2D eigenvalue weighted by Gasteiger charge is 2.06. The lowest BCUT2D eigenvalue weighted by Crippen LogP contribution is -1.95. The van der Waals surface area contributed by atoms with Crippen LogP contribution in [0.25, 0.3) is 22.6 Å². The molecule has 1 aromatic heterocycles. The number of nitrogen functional groups attached to an aromatic ring is 1. The van der Waals surface area contributed by atoms with Gasteiger partial charge in [0.25, 0.3) is 0 Å². The van der Waals surface area contributed by atoms with E-state index in [4.69, 9.17) is 5.73 Å². The zero-order valence-corrected chi connectivity index (χ0v) is 10.3. The summed E-state index contributed by atoms with van der Waals surface area (Å²) in [4.78, 5) is 8.89. The van der Waals surface area contributed by atoms with Crippen molar-refractivity contribution in [3.05, 3.63) is 66.9 Å². The van der Waals surface area contributed by atoms with E-state index in [2.05, 4.69) is 9.97 Å². The molecule has 0 aliphatic heterocycles. The van der Waals surface area contributed by atoms with E-state index in [9.17, 15) is 0 Å². The average molecular weight is 247 g/mol. The molecule has 3 heteroatoms. The van der Waals surface area contributed by atoms with Gasteiger partial charge < -0.3 is 5.73 Å². The van der Waals surface area contributed by atoms with Crippen LogP contribution in [-0.4, -0.2) is 9.97 Å². The number of para-hydroxylation sites is 1. The Morgan fingerprint density at radius 2 is 1.53 bits per heavy atom. The van der Waals surface area contributed by atoms with Crippen LogP contribution in [0, 0.1) is 0 Å². The molecule has 3 aromatic rings. The third-order valence-corrected chi connectivity index (χ3v) is 2.93. The zero-order chi connectivity index (χ0) is 13.1. The van der Waals surface area contributed by atoms with Gasteiger partial charge in [0.1, 0.15) is 0 Å². The highest BCUT2D eigenvalue weighted by molar-refractivity contribution is 5.72. The van der Waals surface area contributed by atoms with E-state index in [1.165, 1.54) is 0 Å². The van der Waals surface area contributed by atoms with E-state index in [0.29, 0.717) is 11.5 Å². The predicted octanol–water partition coefficient (Wildman–Crippen LogP) is 3.39. The molecule has 3 nitrogen and oxygen atoms in total. The molecule has 2 N–H and O–H groups in total. The highest BCUT2D eigenvalue weighted by Crippen LogP contribution is 2.24. The van der Waals surface area contributed by atoms with Crippen LogP contribution < -0.4 is 5.73 Å². The van der Waals surface area contributed by atoms with Gasteiger partial charge in [-0.25, -0.2) is 9.97 Å². The van der Waals surface area contributed by atoms with Crippen molar-refractivity contribution in [2.45, 2.75) is 0 Å². The predicted molar refractivity (Wildman–Crippen MR) is 77.3 cm³/mol. The van der Waals surface area contributed by atoms with Gasteiger partial charge >= 0.3 is 0 Å². The SMILES string of the molecule is Nc1ccccc1-c1nccc(-c2ccccc2)n1. The summed E-state index contributed by atoms with van der Waals surface area (Å²) in [6.45, 7) is 0. The first-order chi connectivity index (χ1) is 9.34. The standard InChI is InChI=1S/C16H13N3/c17-14-9-5-4-8-13(14)16-18-11-10-15(19-16)12-6-2-1-3-7-12/h1-11H,17H2. The van der Waals surface area contributed by atoms with Gasteiger partial charge in [-0.1, -0.05) is 42.5 Å². The minimum absolute atomic E-state index is 0.652. The number of anilines is 1. The lowest BCUT2D eigenvalue weighted by atomic mass is 10.1. The summed E-state index contributed by atoms with van der Waals surface area (Å²) in [6.07, 6.45) is 1.76. The van der Waals surface area contributed by atoms with Crippen molar-refractivity contribution >= 4 is 5.69 Å². The van der Waals surface area contributed by atoms with Crippen molar-refractivity contribution in [1.29, 1.82) is 0 Å². The van der Waals surface area contributed by atoms with Crippen LogP contribution in [0.15, 0.2) is 66.9 Å². The monoisotopic (exact) mass is 247 g/mol. The van der Waals surface area contributed by atoms with Gasteiger partial charge in [0.05, 0.1) is 5.69 Å². The van der Waals surface area contributed by atoms with E-state index in [-0.39, 0.29) is 0 Å². The van der Waals surface area contributed by atoms with Crippen molar-refractivity contribution in [1.82, 2.24) is 9.97 Å². The van der Waals surface area contributed by atoms with Crippen LogP contribution >= 0.6 is 0 Å². The Morgan fingerprint density at radius 1 is 0.789 bits per heavy atom. The van der Waals surface area contributed by atoms with Gasteiger partial charge in [-0.15, -0.1) is 0 Å². The molecule has 0 unspecified atom stereocenters. The number of nitrogens with zero attached hydrogens (tertiary/aromatic N) is 2. The van der Waals surface area contributed by atoms with E-state index < -0.39 is 0 Å². The van der Waals surface area contributed by atoms with E-state index in [1.54, 1.807) is 6.20 Å². The fourth-order valence-corrected chi connectivity index (χ4v) is 1.96. The third kappa shape index (κ3) is 2.31. The van der Waals surface area contributed by atoms with Gasteiger partial charge in [0, 0.05) is 23.0 Å². The molecule has 0 aliphatic rings. The molecule has 19 heavy (non-hydrogen) atoms. The molecule has 2 aromatic carbocycles. The smallest absolute Gasteiger partial charge is 0.161 e. The Hall–Kier alpha value is -2.68. The van der Waals surface area contributed by atoms with Gasteiger partial charge in [-0.3, -0.25) is 0 Å². The molecule has 0 spiro atoms. The van der Waals surface area contributed by atoms with Gasteiger partial charge in [0.15, 0.2) is 5.82 Å². The minimum atomic E-state index is 0.652. The number of rotatable bonds is 2. The van der Waals surface area contributed by atoms with Crippen molar-refractivity contribution in [2.24, 2.45) is 0 Å². The molecule has 0 aliphatic carbocycles. The second-order valence-corrected chi connectivity index (χ2v) is 4.22. The largest absolute Gasteiger partial charge is 0.398 e. The highest BCUT2D eigenvalue weighted by atomic mass is 14.9. The number of hydrogen-bond donors (Lipinski definition) is 1. The number of benzene rings is 2. The first kappa shape index (κ1) is 11.4. The molecular formula is C16H13N3. The quantitative estimate of drug-likeness (QED) is 0.706. The summed E-state index contributed by atoms with van der Waals surface area (Å²) in [6, 6.07) is 19.6. The maximum absolute atomic E-state index is 5.96. The van der Waals surface area contributed by atoms with Crippen LogP contribution in [0.1, 0.15) is 0 Å². The summed E-state index contributed by atoms with van der Waals surface area (Å²) < 4.78 is 0. The van der Waals surface area contributed by atoms with E-state index >= 15 is 0 Å². The van der Waals surface area contributed by atoms with Crippen LogP contribution in [-0.2, 0) is 0 Å². The fourth-order valence-electron chi connectivity index (χ4n) is 1.96. The van der Waals surface area contributed by atoms with Crippen molar-refractivity contribution in [3.63, 3.8) is 0 Å². The summed E-state index contributed by atoms with van der Waals surface area (Å²) in [5.41, 5.74) is 9.48. The number of hydrogen-bond acceptors (Lipinski definition) is 3. The summed E-state index contributed by atoms with van der Waals surface area (Å²) in [5.74, 6) is 0.652. The Kier molecular flexibility index (Phi) is 2.94. The van der Waals surface area contributed by atoms with Crippen LogP contribution in [0.3, 0.4) is 0 Å². The van der Waals surface area contributed by atoms with Crippen LogP contribution in [0.4, 0.5) is 5.69 Å². The molecule has 0 saturated heterocycles. The summed E-state index contributed by atoms with van der Waals surface area (Å²) >= 11 is 0. The maximum Gasteiger partial charge on any atom is 0.161 e. The molecule has 0 atom stereocenters. The van der Waals surface area contributed by atoms with E-state index in [1.807, 2.05) is 60.7 Å². The maximum atomic E-state index is 5.96. The zero-order valence-electron chi connectivity index (χ0n) is 10.3. The number of nitrogens with two attached hydrogens (primary N) is 1. The van der Waals surface area contributed by atoms with Crippen LogP contribution in [0.5, 0.6) is 0 Å². The van der Waals surface area contributed by atoms with Crippen LogP contribution in [0.2, 0.25) is 0 Å². The molecule has 0 saturated carbocycles. The summed E-state index contributed by atoms with van der Waals surface area (Å²) in [5, 5.41) is 0. The van der Waals surface area contributed by atoms with E-state index in [0.717, 1.165) is 16.8 Å². The molecule has 92 valence electrons. The minimum Gasteiger partial charge on any atom is -0.398 e. The van der Waals surface area contributed by atoms with Gasteiger partial charge in [-0.05, 0) is 18.2 Å². The third-order valence-electron chi connectivity index (χ3n) is 2.93. The Bertz CT molecular complexity index is 693. The Labute approximate surface area is 111 Å². The summed E-state index contributed by atoms with van der Waals surface area (Å²) in [7, 11) is 0. The molecule has 0 amide bonds. The number of aromatic nitrogens is 2. The second kappa shape index (κ2) is 4.90. The molecule has 0 radical (unpaired) electrons. The molecular weight excluding hydrogens is 234 g/mol. The average Bonchev–Trinajstić information content (AvgIpc) is 2.49. The first-order valence-electron chi connectivity index (χ1n) is 6.08. The molecule has 0 bridgehead atoms. The first-order valence-corrected chi connectivity index (χ1v) is 6.08. The molecule has 0 fully saturated rings. The lowest BCUT2D eigenvalue weighted by Gasteiger charge is -2.06. The molecule has 3 rings (SSSR count).